The van der Waals surface area contributed by atoms with E-state index < -0.39 is 5.91 Å². The number of ketones is 1. The summed E-state index contributed by atoms with van der Waals surface area (Å²) < 4.78 is 17.0. The largest absolute Gasteiger partial charge is 0.493 e. The Hall–Kier alpha value is -3.14. The van der Waals surface area contributed by atoms with E-state index >= 15 is 0 Å². The minimum atomic E-state index is -0.394. The Balaban J connectivity index is 0.00000456. The number of rotatable bonds is 9. The molecular formula is C26H35BrN4O5. The molecule has 1 aliphatic rings. The number of fused-ring (bicyclic) bond motifs is 1. The molecule has 0 aliphatic carbocycles. The van der Waals surface area contributed by atoms with Gasteiger partial charge in [0.1, 0.15) is 11.5 Å². The van der Waals surface area contributed by atoms with Crippen LogP contribution in [0, 0.1) is 5.41 Å². The smallest absolute Gasteiger partial charge is 0.273 e. The molecule has 9 nitrogen and oxygen atoms in total. The molecule has 36 heavy (non-hydrogen) atoms. The van der Waals surface area contributed by atoms with E-state index in [1.165, 1.54) is 7.05 Å². The molecule has 3 rings (SSSR count). The van der Waals surface area contributed by atoms with Gasteiger partial charge in [0.15, 0.2) is 28.7 Å². The molecule has 0 unspecified atom stereocenters. The molecule has 2 heterocycles. The first-order valence-corrected chi connectivity index (χ1v) is 11.7. The first-order chi connectivity index (χ1) is 16.5. The second-order valence-corrected chi connectivity index (χ2v) is 9.22. The number of methoxy groups -OCH3 is 1. The van der Waals surface area contributed by atoms with Crippen LogP contribution in [-0.4, -0.2) is 61.3 Å². The molecule has 10 heteroatoms. The van der Waals surface area contributed by atoms with Crippen molar-refractivity contribution in [3.05, 3.63) is 46.3 Å². The van der Waals surface area contributed by atoms with Crippen molar-refractivity contribution in [3.63, 3.8) is 0 Å². The number of halogens is 1. The van der Waals surface area contributed by atoms with Gasteiger partial charge in [0.2, 0.25) is 0 Å². The van der Waals surface area contributed by atoms with Crippen LogP contribution in [0.2, 0.25) is 0 Å². The maximum absolute atomic E-state index is 13.4. The number of nitrogens with one attached hydrogen (secondary N) is 2. The van der Waals surface area contributed by atoms with Crippen LogP contribution >= 0.6 is 17.0 Å². The molecule has 1 aromatic heterocycles. The van der Waals surface area contributed by atoms with Gasteiger partial charge in [0.05, 0.1) is 26.9 Å². The first-order valence-electron chi connectivity index (χ1n) is 11.7. The molecule has 0 saturated carbocycles. The van der Waals surface area contributed by atoms with Gasteiger partial charge in [-0.25, -0.2) is 4.98 Å². The van der Waals surface area contributed by atoms with Crippen LogP contribution in [0.4, 0.5) is 0 Å². The normalized spacial score (nSPS) is 12.5. The fourth-order valence-electron chi connectivity index (χ4n) is 4.03. The predicted octanol–water partition coefficient (Wildman–Crippen LogP) is 4.15. The summed E-state index contributed by atoms with van der Waals surface area (Å²) in [5.41, 5.74) is 2.31. The lowest BCUT2D eigenvalue weighted by molar-refractivity contribution is 0.0949. The Morgan fingerprint density at radius 3 is 2.31 bits per heavy atom. The molecule has 2 N–H and O–H groups in total. The molecule has 1 aliphatic heterocycles. The number of hydrogen-bond acceptors (Lipinski definition) is 7. The zero-order valence-corrected chi connectivity index (χ0v) is 23.6. The number of carbonyl (C=O) groups is 2. The van der Waals surface area contributed by atoms with Gasteiger partial charge in [-0.15, -0.1) is 17.0 Å². The summed E-state index contributed by atoms with van der Waals surface area (Å²) in [6, 6.07) is 5.27. The van der Waals surface area contributed by atoms with Gasteiger partial charge in [-0.2, -0.15) is 0 Å². The number of ether oxygens (including phenoxy) is 3. The van der Waals surface area contributed by atoms with Crippen LogP contribution < -0.4 is 19.5 Å². The van der Waals surface area contributed by atoms with Crippen molar-refractivity contribution in [1.29, 1.82) is 5.41 Å². The van der Waals surface area contributed by atoms with Gasteiger partial charge < -0.3 is 24.4 Å². The van der Waals surface area contributed by atoms with E-state index in [4.69, 9.17) is 19.6 Å². The Labute approximate surface area is 222 Å². The highest BCUT2D eigenvalue weighted by atomic mass is 79.9. The lowest BCUT2D eigenvalue weighted by atomic mass is 9.84. The van der Waals surface area contributed by atoms with Gasteiger partial charge in [-0.3, -0.25) is 15.0 Å². The van der Waals surface area contributed by atoms with Crippen LogP contribution in [0.3, 0.4) is 0 Å². The van der Waals surface area contributed by atoms with Crippen LogP contribution in [-0.2, 0) is 12.0 Å². The average molecular weight is 563 g/mol. The minimum Gasteiger partial charge on any atom is -0.493 e. The van der Waals surface area contributed by atoms with Crippen LogP contribution in [0.1, 0.15) is 72.3 Å². The number of nitrogens with zero attached hydrogens (tertiary/aromatic N) is 2. The third-order valence-electron chi connectivity index (χ3n) is 5.73. The second-order valence-electron chi connectivity index (χ2n) is 9.22. The highest BCUT2D eigenvalue weighted by molar-refractivity contribution is 8.93. The predicted molar refractivity (Wildman–Crippen MR) is 144 cm³/mol. The highest BCUT2D eigenvalue weighted by Crippen LogP contribution is 2.40. The number of benzene rings is 1. The number of aromatic nitrogens is 1. The van der Waals surface area contributed by atoms with Gasteiger partial charge in [0, 0.05) is 30.3 Å². The monoisotopic (exact) mass is 562 g/mol. The molecule has 1 aromatic carbocycles. The topological polar surface area (TPSA) is 114 Å². The third kappa shape index (κ3) is 5.80. The Morgan fingerprint density at radius 1 is 1.11 bits per heavy atom. The van der Waals surface area contributed by atoms with Crippen molar-refractivity contribution < 1.29 is 23.8 Å². The standard InChI is InChI=1S/C26H34N4O5.BrH/c1-8-34-19-12-16-13-30(24(27)21(16)29-22(19)25(32)28-6)14-18(31)15-10-17(26(3,4)5)23(33-7)20(11-15)35-9-2;/h10-12,27H,8-9,13-14H2,1-7H3,(H,28,32);1H. The summed E-state index contributed by atoms with van der Waals surface area (Å²) >= 11 is 0. The zero-order chi connectivity index (χ0) is 25.9. The van der Waals surface area contributed by atoms with E-state index in [0.717, 1.165) is 11.1 Å². The maximum Gasteiger partial charge on any atom is 0.273 e. The molecular weight excluding hydrogens is 528 g/mol. The fraction of sp³-hybridized carbons (Fsp3) is 0.462. The first kappa shape index (κ1) is 29.1. The van der Waals surface area contributed by atoms with Crippen molar-refractivity contribution in [2.75, 3.05) is 33.9 Å². The molecule has 0 fully saturated rings. The van der Waals surface area contributed by atoms with Crippen LogP contribution in [0.15, 0.2) is 18.2 Å². The van der Waals surface area contributed by atoms with Crippen molar-refractivity contribution in [2.24, 2.45) is 0 Å². The van der Waals surface area contributed by atoms with Gasteiger partial charge in [0.25, 0.3) is 5.91 Å². The summed E-state index contributed by atoms with van der Waals surface area (Å²) in [5, 5.41) is 11.2. The number of carbonyl (C=O) groups excluding carboxylic acids is 2. The quantitative estimate of drug-likeness (QED) is 0.441. The Kier molecular flexibility index (Phi) is 9.48. The molecule has 0 radical (unpaired) electrons. The summed E-state index contributed by atoms with van der Waals surface area (Å²) in [5.74, 6) is 1.03. The minimum absolute atomic E-state index is 0. The summed E-state index contributed by atoms with van der Waals surface area (Å²) in [7, 11) is 3.11. The van der Waals surface area contributed by atoms with E-state index in [1.807, 2.05) is 40.7 Å². The summed E-state index contributed by atoms with van der Waals surface area (Å²) in [6.45, 7) is 11.0. The number of Topliss-reactive ketones (excluding diaryl/α,β-unsaturated/α-hetero) is 1. The highest BCUT2D eigenvalue weighted by Gasteiger charge is 2.32. The van der Waals surface area contributed by atoms with Crippen molar-refractivity contribution in [2.45, 2.75) is 46.6 Å². The fourth-order valence-corrected chi connectivity index (χ4v) is 4.03. The van der Waals surface area contributed by atoms with Crippen molar-refractivity contribution in [3.8, 4) is 17.2 Å². The third-order valence-corrected chi connectivity index (χ3v) is 5.73. The second kappa shape index (κ2) is 11.7. The maximum atomic E-state index is 13.4. The molecule has 0 spiro atoms. The lowest BCUT2D eigenvalue weighted by Crippen LogP contribution is -2.31. The SMILES string of the molecule is Br.CCOc1cc2c(nc1C(=O)NC)C(=N)N(CC(=O)c1cc(OCC)c(OC)c(C(C)(C)C)c1)C2. The number of amides is 1. The van der Waals surface area contributed by atoms with Crippen LogP contribution in [0.25, 0.3) is 0 Å². The molecule has 196 valence electrons. The van der Waals surface area contributed by atoms with Gasteiger partial charge >= 0.3 is 0 Å². The lowest BCUT2D eigenvalue weighted by Gasteiger charge is -2.25. The molecule has 0 atom stereocenters. The van der Waals surface area contributed by atoms with Crippen molar-refractivity contribution >= 4 is 34.5 Å². The van der Waals surface area contributed by atoms with Gasteiger partial charge in [-0.1, -0.05) is 20.8 Å². The van der Waals surface area contributed by atoms with Crippen molar-refractivity contribution in [1.82, 2.24) is 15.2 Å². The van der Waals surface area contributed by atoms with E-state index in [0.29, 0.717) is 48.3 Å². The molecule has 0 saturated heterocycles. The molecule has 0 bridgehead atoms. The van der Waals surface area contributed by atoms with Crippen LogP contribution in [0.5, 0.6) is 17.2 Å². The Morgan fingerprint density at radius 2 is 1.75 bits per heavy atom. The Bertz CT molecular complexity index is 1160. The van der Waals surface area contributed by atoms with Gasteiger partial charge in [-0.05, 0) is 37.5 Å². The molecule has 1 amide bonds. The number of hydrogen-bond donors (Lipinski definition) is 2. The van der Waals surface area contributed by atoms with E-state index in [1.54, 1.807) is 24.1 Å². The summed E-state index contributed by atoms with van der Waals surface area (Å²) in [6.07, 6.45) is 0. The number of pyridine rings is 1. The summed E-state index contributed by atoms with van der Waals surface area (Å²) in [4.78, 5) is 31.7. The van der Waals surface area contributed by atoms with E-state index in [9.17, 15) is 9.59 Å². The zero-order valence-electron chi connectivity index (χ0n) is 21.9. The molecule has 2 aromatic rings. The average Bonchev–Trinajstić information content (AvgIpc) is 3.11. The van der Waals surface area contributed by atoms with E-state index in [-0.39, 0.29) is 46.3 Å². The number of amidine groups is 1. The van der Waals surface area contributed by atoms with E-state index in [2.05, 4.69) is 10.3 Å².